The molecule has 0 aromatic heterocycles. The van der Waals surface area contributed by atoms with Crippen molar-refractivity contribution in [2.24, 2.45) is 0 Å². The Labute approximate surface area is 184 Å². The number of fused-ring (bicyclic) bond motifs is 3. The van der Waals surface area contributed by atoms with Crippen LogP contribution in [0.25, 0.3) is 16.7 Å². The molecule has 1 aliphatic rings. The maximum absolute atomic E-state index is 13.1. The predicted molar refractivity (Wildman–Crippen MR) is 120 cm³/mol. The van der Waals surface area contributed by atoms with Crippen LogP contribution in [0.1, 0.15) is 35.3 Å². The van der Waals surface area contributed by atoms with E-state index in [0.717, 1.165) is 11.1 Å². The number of nitro benzene ring substituents is 1. The Morgan fingerprint density at radius 3 is 2.16 bits per heavy atom. The van der Waals surface area contributed by atoms with E-state index in [4.69, 9.17) is 4.74 Å². The monoisotopic (exact) mass is 428 g/mol. The lowest BCUT2D eigenvalue weighted by molar-refractivity contribution is -0.384. The van der Waals surface area contributed by atoms with Gasteiger partial charge in [0.15, 0.2) is 0 Å². The number of amides is 1. The summed E-state index contributed by atoms with van der Waals surface area (Å²) in [7, 11) is 0. The molecule has 4 rings (SSSR count). The van der Waals surface area contributed by atoms with E-state index >= 15 is 0 Å². The van der Waals surface area contributed by atoms with Crippen molar-refractivity contribution in [2.75, 3.05) is 0 Å². The molecule has 0 saturated carbocycles. The molecule has 7 heteroatoms. The Morgan fingerprint density at radius 2 is 1.50 bits per heavy atom. The average Bonchev–Trinajstić information content (AvgIpc) is 3.11. The fourth-order valence-corrected chi connectivity index (χ4v) is 3.70. The van der Waals surface area contributed by atoms with Gasteiger partial charge >= 0.3 is 5.97 Å². The van der Waals surface area contributed by atoms with Gasteiger partial charge in [0.25, 0.3) is 11.6 Å². The van der Waals surface area contributed by atoms with Crippen LogP contribution in [0.15, 0.2) is 78.5 Å². The summed E-state index contributed by atoms with van der Waals surface area (Å²) < 4.78 is 5.42. The minimum atomic E-state index is -0.714. The first-order valence-electron chi connectivity index (χ1n) is 10.1. The van der Waals surface area contributed by atoms with Gasteiger partial charge in [-0.15, -0.1) is 0 Å². The van der Waals surface area contributed by atoms with Crippen LogP contribution in [-0.4, -0.2) is 22.9 Å². The number of hydrogen-bond donors (Lipinski definition) is 1. The highest BCUT2D eigenvalue weighted by Gasteiger charge is 2.32. The molecule has 0 atom stereocenters. The quantitative estimate of drug-likeness (QED) is 0.215. The van der Waals surface area contributed by atoms with E-state index in [-0.39, 0.29) is 11.4 Å². The smallest absolute Gasteiger partial charge is 0.355 e. The number of nitro groups is 1. The number of hydrogen-bond acceptors (Lipinski definition) is 5. The van der Waals surface area contributed by atoms with Gasteiger partial charge in [0.2, 0.25) is 0 Å². The minimum absolute atomic E-state index is 0.0562. The van der Waals surface area contributed by atoms with E-state index in [0.29, 0.717) is 22.3 Å². The zero-order valence-electron chi connectivity index (χ0n) is 17.5. The number of non-ortho nitro benzene ring substituents is 1. The molecule has 3 aromatic carbocycles. The largest absolute Gasteiger partial charge is 0.458 e. The van der Waals surface area contributed by atoms with Crippen molar-refractivity contribution in [3.63, 3.8) is 0 Å². The van der Waals surface area contributed by atoms with E-state index in [1.54, 1.807) is 50.2 Å². The molecule has 0 unspecified atom stereocenters. The molecular formula is C25H20N2O5. The molecule has 32 heavy (non-hydrogen) atoms. The summed E-state index contributed by atoms with van der Waals surface area (Å²) >= 11 is 0. The third-order valence-corrected chi connectivity index (χ3v) is 5.04. The number of nitrogens with one attached hydrogen (secondary N) is 1. The van der Waals surface area contributed by atoms with Crippen LogP contribution in [0.5, 0.6) is 0 Å². The number of benzene rings is 3. The van der Waals surface area contributed by atoms with Gasteiger partial charge < -0.3 is 10.1 Å². The second-order valence-corrected chi connectivity index (χ2v) is 7.56. The maximum Gasteiger partial charge on any atom is 0.355 e. The van der Waals surface area contributed by atoms with E-state index < -0.39 is 22.9 Å². The Bertz CT molecular complexity index is 1260. The number of carbonyl (C=O) groups is 2. The van der Waals surface area contributed by atoms with E-state index in [1.165, 1.54) is 12.1 Å². The van der Waals surface area contributed by atoms with Crippen LogP contribution in [0.3, 0.4) is 0 Å². The summed E-state index contributed by atoms with van der Waals surface area (Å²) in [6, 6.07) is 20.3. The standard InChI is InChI=1S/C25H20N2O5/c1-15(2)32-25(29)23(26-24(28)16-8-4-3-5-9-16)22-20-11-7-6-10-18(20)19-13-12-17(27(30)31)14-21(19)22/h3-15H,1-2H3,(H,26,28)/b23-22-. The highest BCUT2D eigenvalue weighted by Crippen LogP contribution is 2.46. The molecule has 0 aliphatic heterocycles. The molecule has 0 saturated heterocycles. The van der Waals surface area contributed by atoms with Crippen molar-refractivity contribution in [3.8, 4) is 11.1 Å². The van der Waals surface area contributed by atoms with Crippen molar-refractivity contribution in [1.29, 1.82) is 0 Å². The van der Waals surface area contributed by atoms with Crippen molar-refractivity contribution in [2.45, 2.75) is 20.0 Å². The molecule has 160 valence electrons. The Balaban J connectivity index is 1.95. The first-order valence-corrected chi connectivity index (χ1v) is 10.1. The number of rotatable bonds is 5. The van der Waals surface area contributed by atoms with E-state index in [9.17, 15) is 19.7 Å². The van der Waals surface area contributed by atoms with Crippen LogP contribution in [0.2, 0.25) is 0 Å². The average molecular weight is 428 g/mol. The SMILES string of the molecule is CC(C)OC(=O)/C(NC(=O)c1ccccc1)=C1\c2ccccc2-c2ccc([N+](=O)[O-])cc21. The van der Waals surface area contributed by atoms with Gasteiger partial charge in [-0.3, -0.25) is 14.9 Å². The second-order valence-electron chi connectivity index (χ2n) is 7.56. The van der Waals surface area contributed by atoms with Gasteiger partial charge in [-0.25, -0.2) is 4.79 Å². The lowest BCUT2D eigenvalue weighted by atomic mass is 10.0. The Morgan fingerprint density at radius 1 is 0.875 bits per heavy atom. The summed E-state index contributed by atoms with van der Waals surface area (Å²) in [4.78, 5) is 37.0. The Kier molecular flexibility index (Phi) is 5.55. The summed E-state index contributed by atoms with van der Waals surface area (Å²) in [5.41, 5.74) is 3.33. The molecule has 0 bridgehead atoms. The molecule has 1 N–H and O–H groups in total. The van der Waals surface area contributed by atoms with Crippen molar-refractivity contribution >= 4 is 23.1 Å². The molecule has 0 heterocycles. The van der Waals surface area contributed by atoms with Crippen LogP contribution in [0.4, 0.5) is 5.69 Å². The fourth-order valence-electron chi connectivity index (χ4n) is 3.70. The molecule has 7 nitrogen and oxygen atoms in total. The Hall–Kier alpha value is -4.26. The fraction of sp³-hybridized carbons (Fsp3) is 0.120. The van der Waals surface area contributed by atoms with E-state index in [1.807, 2.05) is 24.3 Å². The second kappa shape index (κ2) is 8.47. The lowest BCUT2D eigenvalue weighted by Crippen LogP contribution is -2.31. The summed E-state index contributed by atoms with van der Waals surface area (Å²) in [5, 5.41) is 14.1. The normalized spacial score (nSPS) is 13.2. The zero-order valence-corrected chi connectivity index (χ0v) is 17.5. The van der Waals surface area contributed by atoms with Crippen molar-refractivity contribution < 1.29 is 19.2 Å². The molecule has 0 spiro atoms. The molecule has 0 radical (unpaired) electrons. The van der Waals surface area contributed by atoms with Crippen LogP contribution in [0, 0.1) is 10.1 Å². The molecule has 0 fully saturated rings. The third kappa shape index (κ3) is 3.88. The van der Waals surface area contributed by atoms with Crippen molar-refractivity contribution in [3.05, 3.63) is 105 Å². The maximum atomic E-state index is 13.1. The van der Waals surface area contributed by atoms with Gasteiger partial charge in [0.1, 0.15) is 5.70 Å². The zero-order chi connectivity index (χ0) is 22.8. The number of nitrogens with zero attached hydrogens (tertiary/aromatic N) is 1. The van der Waals surface area contributed by atoms with Gasteiger partial charge in [-0.05, 0) is 54.3 Å². The first kappa shape index (κ1) is 21.0. The predicted octanol–water partition coefficient (Wildman–Crippen LogP) is 4.72. The van der Waals surface area contributed by atoms with Gasteiger partial charge in [-0.1, -0.05) is 42.5 Å². The van der Waals surface area contributed by atoms with Crippen LogP contribution in [-0.2, 0) is 9.53 Å². The summed E-state index contributed by atoms with van der Waals surface area (Å²) in [6.45, 7) is 3.42. The van der Waals surface area contributed by atoms with Gasteiger partial charge in [-0.2, -0.15) is 0 Å². The molecular weight excluding hydrogens is 408 g/mol. The van der Waals surface area contributed by atoms with E-state index in [2.05, 4.69) is 5.32 Å². The van der Waals surface area contributed by atoms with Gasteiger partial charge in [0, 0.05) is 23.3 Å². The third-order valence-electron chi connectivity index (χ3n) is 5.04. The highest BCUT2D eigenvalue weighted by atomic mass is 16.6. The number of carbonyl (C=O) groups excluding carboxylic acids is 2. The first-order chi connectivity index (χ1) is 15.4. The molecule has 3 aromatic rings. The summed E-state index contributed by atoms with van der Waals surface area (Å²) in [6.07, 6.45) is -0.423. The highest BCUT2D eigenvalue weighted by molar-refractivity contribution is 6.13. The number of ether oxygens (including phenoxy) is 1. The number of esters is 1. The van der Waals surface area contributed by atoms with Crippen LogP contribution < -0.4 is 5.32 Å². The lowest BCUT2D eigenvalue weighted by Gasteiger charge is -2.16. The van der Waals surface area contributed by atoms with Crippen molar-refractivity contribution in [1.82, 2.24) is 5.32 Å². The molecule has 1 aliphatic carbocycles. The van der Waals surface area contributed by atoms with Crippen LogP contribution >= 0.6 is 0 Å². The molecule has 1 amide bonds. The topological polar surface area (TPSA) is 98.5 Å². The summed E-state index contributed by atoms with van der Waals surface area (Å²) in [5.74, 6) is -1.20. The minimum Gasteiger partial charge on any atom is -0.458 e. The van der Waals surface area contributed by atoms with Gasteiger partial charge in [0.05, 0.1) is 11.0 Å².